The minimum absolute atomic E-state index is 0. The number of halogens is 1. The van der Waals surface area contributed by atoms with Gasteiger partial charge in [0.1, 0.15) is 6.54 Å². The number of guanidine groups is 1. The van der Waals surface area contributed by atoms with Crippen LogP contribution in [0.1, 0.15) is 37.9 Å². The van der Waals surface area contributed by atoms with Crippen LogP contribution in [0.15, 0.2) is 41.9 Å². The molecule has 0 fully saturated rings. The number of carbonyl (C=O) groups excluding carboxylic acids is 1. The number of carbonyl (C=O) groups is 1. The maximum atomic E-state index is 11.7. The Bertz CT molecular complexity index is 582. The van der Waals surface area contributed by atoms with E-state index in [0.717, 1.165) is 6.42 Å². The van der Waals surface area contributed by atoms with Crippen molar-refractivity contribution >= 4 is 35.8 Å². The average molecular weight is 472 g/mol. The second-order valence-electron chi connectivity index (χ2n) is 6.83. The minimum Gasteiger partial charge on any atom is -0.353 e. The van der Waals surface area contributed by atoms with Crippen LogP contribution in [-0.2, 0) is 11.2 Å². The average Bonchev–Trinajstić information content (AvgIpc) is 2.56. The molecule has 1 atom stereocenters. The summed E-state index contributed by atoms with van der Waals surface area (Å²) in [7, 11) is 3.45. The van der Waals surface area contributed by atoms with E-state index in [-0.39, 0.29) is 42.5 Å². The molecule has 1 amide bonds. The summed E-state index contributed by atoms with van der Waals surface area (Å²) in [6.45, 7) is 10.9. The molecule has 0 aromatic heterocycles. The van der Waals surface area contributed by atoms with E-state index < -0.39 is 0 Å². The Balaban J connectivity index is 0.00000625. The zero-order valence-electron chi connectivity index (χ0n) is 16.6. The number of benzene rings is 1. The molecule has 6 heteroatoms. The molecule has 0 radical (unpaired) electrons. The Morgan fingerprint density at radius 3 is 2.35 bits per heavy atom. The van der Waals surface area contributed by atoms with E-state index in [1.54, 1.807) is 20.2 Å². The van der Waals surface area contributed by atoms with Gasteiger partial charge in [0.2, 0.25) is 5.91 Å². The van der Waals surface area contributed by atoms with Crippen molar-refractivity contribution in [3.8, 4) is 0 Å². The van der Waals surface area contributed by atoms with Crippen LogP contribution in [0.25, 0.3) is 0 Å². The van der Waals surface area contributed by atoms with Crippen molar-refractivity contribution in [2.24, 2.45) is 10.9 Å². The molecule has 0 heterocycles. The number of likely N-dealkylation sites (N-methyl/N-ethyl adjacent to an activating group) is 1. The predicted molar refractivity (Wildman–Crippen MR) is 121 cm³/mol. The van der Waals surface area contributed by atoms with Crippen LogP contribution in [0.2, 0.25) is 0 Å². The second kappa shape index (κ2) is 12.7. The molecule has 0 bridgehead atoms. The van der Waals surface area contributed by atoms with Gasteiger partial charge in [-0.1, -0.05) is 44.2 Å². The van der Waals surface area contributed by atoms with Crippen LogP contribution in [0.4, 0.5) is 0 Å². The van der Waals surface area contributed by atoms with Gasteiger partial charge in [-0.3, -0.25) is 4.79 Å². The number of rotatable bonds is 8. The van der Waals surface area contributed by atoms with Crippen molar-refractivity contribution in [3.05, 3.63) is 48.0 Å². The molecule has 1 aromatic carbocycles. The highest BCUT2D eigenvalue weighted by atomic mass is 127. The van der Waals surface area contributed by atoms with E-state index in [2.05, 4.69) is 67.2 Å². The molecule has 1 aromatic rings. The first kappa shape index (κ1) is 24.4. The lowest BCUT2D eigenvalue weighted by Crippen LogP contribution is -2.39. The normalized spacial score (nSPS) is 12.2. The molecule has 0 saturated carbocycles. The van der Waals surface area contributed by atoms with Gasteiger partial charge in [0, 0.05) is 20.6 Å². The van der Waals surface area contributed by atoms with Crippen molar-refractivity contribution in [2.45, 2.75) is 33.2 Å². The van der Waals surface area contributed by atoms with Crippen LogP contribution in [0.5, 0.6) is 0 Å². The molecular weight excluding hydrogens is 439 g/mol. The molecule has 0 aliphatic carbocycles. The molecule has 1 unspecified atom stereocenters. The second-order valence-corrected chi connectivity index (χ2v) is 6.83. The molecule has 2 N–H and O–H groups in total. The monoisotopic (exact) mass is 472 g/mol. The molecular formula is C20H33IN4O. The predicted octanol–water partition coefficient (Wildman–Crippen LogP) is 3.37. The molecule has 0 spiro atoms. The summed E-state index contributed by atoms with van der Waals surface area (Å²) in [6.07, 6.45) is 2.85. The van der Waals surface area contributed by atoms with Gasteiger partial charge in [-0.2, -0.15) is 0 Å². The largest absolute Gasteiger partial charge is 0.353 e. The van der Waals surface area contributed by atoms with Crippen molar-refractivity contribution in [1.82, 2.24) is 15.5 Å². The fourth-order valence-corrected chi connectivity index (χ4v) is 2.31. The van der Waals surface area contributed by atoms with Crippen LogP contribution in [0, 0.1) is 5.92 Å². The first-order valence-corrected chi connectivity index (χ1v) is 8.78. The Hall–Kier alpha value is -1.57. The fraction of sp³-hybridized carbons (Fsp3) is 0.500. The van der Waals surface area contributed by atoms with Gasteiger partial charge in [-0.25, -0.2) is 4.99 Å². The lowest BCUT2D eigenvalue weighted by atomic mass is 10.00. The highest BCUT2D eigenvalue weighted by Crippen LogP contribution is 2.15. The maximum Gasteiger partial charge on any atom is 0.243 e. The van der Waals surface area contributed by atoms with Crippen molar-refractivity contribution in [1.29, 1.82) is 0 Å². The zero-order valence-corrected chi connectivity index (χ0v) is 18.9. The summed E-state index contributed by atoms with van der Waals surface area (Å²) in [6, 6.07) is 8.73. The summed E-state index contributed by atoms with van der Waals surface area (Å²) in [5.41, 5.74) is 2.53. The van der Waals surface area contributed by atoms with E-state index in [1.807, 2.05) is 0 Å². The smallest absolute Gasteiger partial charge is 0.243 e. The maximum absolute atomic E-state index is 11.7. The van der Waals surface area contributed by atoms with Gasteiger partial charge in [0.15, 0.2) is 5.96 Å². The molecule has 5 nitrogen and oxygen atoms in total. The molecule has 26 heavy (non-hydrogen) atoms. The number of aliphatic imine (C=N–C) groups is 1. The van der Waals surface area contributed by atoms with Gasteiger partial charge in [0.25, 0.3) is 0 Å². The summed E-state index contributed by atoms with van der Waals surface area (Å²) in [5.74, 6) is 1.22. The standard InChI is InChI=1S/C20H32N4O.HI/c1-7-12-21-20(22-14-19(25)24(5)6)23-16(4)18-10-8-17(9-11-18)13-15(2)3;/h7-11,15-16H,1,12-14H2,2-6H3,(H2,21,22,23);1H. The Morgan fingerprint density at radius 1 is 1.23 bits per heavy atom. The van der Waals surface area contributed by atoms with E-state index in [0.29, 0.717) is 18.4 Å². The van der Waals surface area contributed by atoms with Crippen LogP contribution >= 0.6 is 24.0 Å². The van der Waals surface area contributed by atoms with Gasteiger partial charge in [0.05, 0.1) is 6.04 Å². The van der Waals surface area contributed by atoms with Crippen LogP contribution in [0.3, 0.4) is 0 Å². The first-order valence-electron chi connectivity index (χ1n) is 8.78. The molecule has 0 aliphatic heterocycles. The van der Waals surface area contributed by atoms with Crippen LogP contribution < -0.4 is 10.6 Å². The lowest BCUT2D eigenvalue weighted by molar-refractivity contribution is -0.127. The Kier molecular flexibility index (Phi) is 12.0. The first-order chi connectivity index (χ1) is 11.8. The quantitative estimate of drug-likeness (QED) is 0.264. The zero-order chi connectivity index (χ0) is 18.8. The molecule has 0 saturated heterocycles. The number of nitrogens with one attached hydrogen (secondary N) is 2. The van der Waals surface area contributed by atoms with Crippen LogP contribution in [-0.4, -0.2) is 44.0 Å². The van der Waals surface area contributed by atoms with E-state index >= 15 is 0 Å². The van der Waals surface area contributed by atoms with Crippen molar-refractivity contribution < 1.29 is 4.79 Å². The Labute approximate surface area is 175 Å². The van der Waals surface area contributed by atoms with Gasteiger partial charge in [-0.15, -0.1) is 30.6 Å². The third-order valence-corrected chi connectivity index (χ3v) is 3.76. The van der Waals surface area contributed by atoms with E-state index in [4.69, 9.17) is 0 Å². The fourth-order valence-electron chi connectivity index (χ4n) is 2.31. The van der Waals surface area contributed by atoms with Gasteiger partial charge >= 0.3 is 0 Å². The summed E-state index contributed by atoms with van der Waals surface area (Å²) in [4.78, 5) is 17.6. The SMILES string of the molecule is C=CCNC(=NCC(=O)N(C)C)NC(C)c1ccc(CC(C)C)cc1.I. The summed E-state index contributed by atoms with van der Waals surface area (Å²) >= 11 is 0. The van der Waals surface area contributed by atoms with Crippen molar-refractivity contribution in [2.75, 3.05) is 27.2 Å². The van der Waals surface area contributed by atoms with Crippen molar-refractivity contribution in [3.63, 3.8) is 0 Å². The highest BCUT2D eigenvalue weighted by molar-refractivity contribution is 14.0. The molecule has 1 rings (SSSR count). The number of hydrogen-bond donors (Lipinski definition) is 2. The number of hydrogen-bond acceptors (Lipinski definition) is 2. The number of amides is 1. The highest BCUT2D eigenvalue weighted by Gasteiger charge is 2.09. The third-order valence-electron chi connectivity index (χ3n) is 3.76. The van der Waals surface area contributed by atoms with Gasteiger partial charge in [-0.05, 0) is 30.4 Å². The summed E-state index contributed by atoms with van der Waals surface area (Å²) in [5, 5.41) is 6.49. The van der Waals surface area contributed by atoms with E-state index in [1.165, 1.54) is 16.0 Å². The molecule has 0 aliphatic rings. The molecule has 146 valence electrons. The van der Waals surface area contributed by atoms with Gasteiger partial charge < -0.3 is 15.5 Å². The van der Waals surface area contributed by atoms with E-state index in [9.17, 15) is 4.79 Å². The minimum atomic E-state index is -0.0367. The Morgan fingerprint density at radius 2 is 1.85 bits per heavy atom. The topological polar surface area (TPSA) is 56.7 Å². The number of nitrogens with zero attached hydrogens (tertiary/aromatic N) is 2. The summed E-state index contributed by atoms with van der Waals surface area (Å²) < 4.78 is 0. The third kappa shape index (κ3) is 9.22. The lowest BCUT2D eigenvalue weighted by Gasteiger charge is -2.19.